The van der Waals surface area contributed by atoms with Gasteiger partial charge >= 0.3 is 0 Å². The first-order chi connectivity index (χ1) is 12.2. The van der Waals surface area contributed by atoms with Crippen molar-refractivity contribution in [3.05, 3.63) is 67.0 Å². The number of nitrogens with zero attached hydrogens (tertiary/aromatic N) is 2. The molecule has 0 aliphatic heterocycles. The minimum absolute atomic E-state index is 0.0699. The van der Waals surface area contributed by atoms with Gasteiger partial charge in [-0.3, -0.25) is 14.8 Å². The number of aromatic nitrogens is 2. The number of fused-ring (bicyclic) bond motifs is 3. The predicted octanol–water partition coefficient (Wildman–Crippen LogP) is 4.89. The molecule has 122 valence electrons. The lowest BCUT2D eigenvalue weighted by Crippen LogP contribution is -2.05. The highest BCUT2D eigenvalue weighted by Crippen LogP contribution is 2.36. The topological polar surface area (TPSA) is 54.9 Å². The van der Waals surface area contributed by atoms with Crippen LogP contribution in [0.3, 0.4) is 0 Å². The third-order valence-corrected chi connectivity index (χ3v) is 4.89. The van der Waals surface area contributed by atoms with Crippen LogP contribution in [0.5, 0.6) is 0 Å². The van der Waals surface area contributed by atoms with Gasteiger partial charge in [-0.1, -0.05) is 23.9 Å². The van der Waals surface area contributed by atoms with E-state index in [-0.39, 0.29) is 5.91 Å². The Hall–Kier alpha value is -2.92. The summed E-state index contributed by atoms with van der Waals surface area (Å²) in [6.07, 6.45) is 3.59. The molecule has 0 unspecified atom stereocenters. The van der Waals surface area contributed by atoms with Gasteiger partial charge in [-0.15, -0.1) is 0 Å². The van der Waals surface area contributed by atoms with E-state index in [0.717, 1.165) is 37.3 Å². The molecule has 2 aromatic heterocycles. The molecule has 4 rings (SSSR count). The first-order valence-electron chi connectivity index (χ1n) is 7.89. The molecule has 2 aromatic carbocycles. The maximum Gasteiger partial charge on any atom is 0.221 e. The Morgan fingerprint density at radius 3 is 2.44 bits per heavy atom. The van der Waals surface area contributed by atoms with Gasteiger partial charge in [-0.05, 0) is 42.5 Å². The number of carbonyl (C=O) groups is 1. The molecule has 5 heteroatoms. The number of pyridine rings is 2. The van der Waals surface area contributed by atoms with Gasteiger partial charge in [-0.25, -0.2) is 0 Å². The molecule has 0 radical (unpaired) electrons. The van der Waals surface area contributed by atoms with E-state index >= 15 is 0 Å². The normalized spacial score (nSPS) is 10.9. The highest BCUT2D eigenvalue weighted by Gasteiger charge is 2.09. The molecular formula is C20H15N3OS. The molecule has 25 heavy (non-hydrogen) atoms. The molecule has 0 aliphatic rings. The van der Waals surface area contributed by atoms with Crippen molar-refractivity contribution in [2.24, 2.45) is 0 Å². The Balaban J connectivity index is 1.76. The second kappa shape index (κ2) is 6.53. The van der Waals surface area contributed by atoms with Gasteiger partial charge in [-0.2, -0.15) is 0 Å². The molecule has 0 saturated heterocycles. The summed E-state index contributed by atoms with van der Waals surface area (Å²) in [5.41, 5.74) is 2.63. The standard InChI is InChI=1S/C20H15N3OS/c1-13(24)23-15-6-8-16(9-7-15)25-18-12-14-4-2-10-21-19(14)20-17(18)5-3-11-22-20/h2-12H,1H3,(H,23,24). The molecule has 0 fully saturated rings. The van der Waals surface area contributed by atoms with E-state index in [2.05, 4.69) is 33.5 Å². The smallest absolute Gasteiger partial charge is 0.221 e. The zero-order valence-electron chi connectivity index (χ0n) is 13.6. The van der Waals surface area contributed by atoms with Crippen LogP contribution in [0, 0.1) is 0 Å². The van der Waals surface area contributed by atoms with Crippen molar-refractivity contribution in [2.75, 3.05) is 5.32 Å². The van der Waals surface area contributed by atoms with Gasteiger partial charge in [0.05, 0.1) is 11.0 Å². The highest BCUT2D eigenvalue weighted by atomic mass is 32.2. The summed E-state index contributed by atoms with van der Waals surface area (Å²) < 4.78 is 0. The number of rotatable bonds is 3. The molecule has 0 atom stereocenters. The quantitative estimate of drug-likeness (QED) is 0.537. The number of benzene rings is 2. The fourth-order valence-corrected chi connectivity index (χ4v) is 3.75. The monoisotopic (exact) mass is 345 g/mol. The maximum atomic E-state index is 11.1. The summed E-state index contributed by atoms with van der Waals surface area (Å²) in [4.78, 5) is 22.4. The van der Waals surface area contributed by atoms with Gasteiger partial charge in [0, 0.05) is 45.6 Å². The van der Waals surface area contributed by atoms with Crippen LogP contribution in [0.15, 0.2) is 76.8 Å². The molecule has 0 aliphatic carbocycles. The average molecular weight is 345 g/mol. The summed E-state index contributed by atoms with van der Waals surface area (Å²) in [7, 11) is 0. The molecule has 2 heterocycles. The van der Waals surface area contributed by atoms with Crippen LogP contribution in [0.25, 0.3) is 21.8 Å². The van der Waals surface area contributed by atoms with Crippen molar-refractivity contribution in [1.29, 1.82) is 0 Å². The molecule has 0 saturated carbocycles. The lowest BCUT2D eigenvalue weighted by molar-refractivity contribution is -0.114. The van der Waals surface area contributed by atoms with Crippen molar-refractivity contribution in [3.8, 4) is 0 Å². The van der Waals surface area contributed by atoms with Gasteiger partial charge in [0.2, 0.25) is 5.91 Å². The van der Waals surface area contributed by atoms with Crippen molar-refractivity contribution in [2.45, 2.75) is 16.7 Å². The zero-order chi connectivity index (χ0) is 17.2. The summed E-state index contributed by atoms with van der Waals surface area (Å²) in [5, 5.41) is 4.95. The minimum Gasteiger partial charge on any atom is -0.326 e. The Morgan fingerprint density at radius 2 is 1.68 bits per heavy atom. The lowest BCUT2D eigenvalue weighted by atomic mass is 10.1. The molecule has 1 N–H and O–H groups in total. The third-order valence-electron chi connectivity index (χ3n) is 3.83. The summed E-state index contributed by atoms with van der Waals surface area (Å²) in [6.45, 7) is 1.50. The largest absolute Gasteiger partial charge is 0.326 e. The van der Waals surface area contributed by atoms with E-state index in [0.29, 0.717) is 0 Å². The first kappa shape index (κ1) is 15.6. The van der Waals surface area contributed by atoms with E-state index in [4.69, 9.17) is 0 Å². The maximum absolute atomic E-state index is 11.1. The van der Waals surface area contributed by atoms with Gasteiger partial charge in [0.1, 0.15) is 0 Å². The SMILES string of the molecule is CC(=O)Nc1ccc(Sc2cc3cccnc3c3ncccc23)cc1. The fourth-order valence-electron chi connectivity index (χ4n) is 2.76. The number of hydrogen-bond donors (Lipinski definition) is 1. The third kappa shape index (κ3) is 3.19. The summed E-state index contributed by atoms with van der Waals surface area (Å²) >= 11 is 1.68. The molecule has 4 nitrogen and oxygen atoms in total. The van der Waals surface area contributed by atoms with E-state index in [1.54, 1.807) is 24.2 Å². The van der Waals surface area contributed by atoms with Gasteiger partial charge in [0.25, 0.3) is 0 Å². The summed E-state index contributed by atoms with van der Waals surface area (Å²) in [6, 6.07) is 18.0. The molecule has 0 spiro atoms. The highest BCUT2D eigenvalue weighted by molar-refractivity contribution is 7.99. The van der Waals surface area contributed by atoms with Crippen LogP contribution in [0.2, 0.25) is 0 Å². The molecule has 1 amide bonds. The van der Waals surface area contributed by atoms with Crippen LogP contribution in [0.1, 0.15) is 6.92 Å². The van der Waals surface area contributed by atoms with E-state index in [1.165, 1.54) is 6.92 Å². The first-order valence-corrected chi connectivity index (χ1v) is 8.70. The number of nitrogens with one attached hydrogen (secondary N) is 1. The van der Waals surface area contributed by atoms with Gasteiger partial charge < -0.3 is 5.32 Å². The van der Waals surface area contributed by atoms with Gasteiger partial charge in [0.15, 0.2) is 0 Å². The van der Waals surface area contributed by atoms with Crippen LogP contribution < -0.4 is 5.32 Å². The van der Waals surface area contributed by atoms with Crippen LogP contribution in [-0.2, 0) is 4.79 Å². The molecule has 0 bridgehead atoms. The number of hydrogen-bond acceptors (Lipinski definition) is 4. The lowest BCUT2D eigenvalue weighted by Gasteiger charge is -2.09. The number of carbonyl (C=O) groups excluding carboxylic acids is 1. The van der Waals surface area contributed by atoms with E-state index in [9.17, 15) is 4.79 Å². The second-order valence-electron chi connectivity index (χ2n) is 5.66. The van der Waals surface area contributed by atoms with E-state index < -0.39 is 0 Å². The van der Waals surface area contributed by atoms with Crippen molar-refractivity contribution in [3.63, 3.8) is 0 Å². The van der Waals surface area contributed by atoms with Crippen molar-refractivity contribution in [1.82, 2.24) is 9.97 Å². The number of amides is 1. The summed E-state index contributed by atoms with van der Waals surface area (Å²) in [5.74, 6) is -0.0699. The Labute approximate surface area is 149 Å². The Bertz CT molecular complexity index is 1080. The predicted molar refractivity (Wildman–Crippen MR) is 102 cm³/mol. The average Bonchev–Trinajstić information content (AvgIpc) is 2.63. The minimum atomic E-state index is -0.0699. The number of anilines is 1. The van der Waals surface area contributed by atoms with Crippen LogP contribution in [0.4, 0.5) is 5.69 Å². The fraction of sp³-hybridized carbons (Fsp3) is 0.0500. The van der Waals surface area contributed by atoms with Crippen molar-refractivity contribution < 1.29 is 4.79 Å². The molecular weight excluding hydrogens is 330 g/mol. The van der Waals surface area contributed by atoms with Crippen LogP contribution in [-0.4, -0.2) is 15.9 Å². The van der Waals surface area contributed by atoms with Crippen molar-refractivity contribution >= 4 is 45.2 Å². The second-order valence-corrected chi connectivity index (χ2v) is 6.77. The molecule has 4 aromatic rings. The van der Waals surface area contributed by atoms with Crippen LogP contribution >= 0.6 is 11.8 Å². The Morgan fingerprint density at radius 1 is 0.960 bits per heavy atom. The van der Waals surface area contributed by atoms with E-state index in [1.807, 2.05) is 36.4 Å². The zero-order valence-corrected chi connectivity index (χ0v) is 14.4. The Kier molecular flexibility index (Phi) is 4.07.